The minimum atomic E-state index is -3.27. The van der Waals surface area contributed by atoms with Crippen LogP contribution in [0.5, 0.6) is 0 Å². The summed E-state index contributed by atoms with van der Waals surface area (Å²) < 4.78 is 30.2. The van der Waals surface area contributed by atoms with Gasteiger partial charge in [0.15, 0.2) is 15.7 Å². The first-order valence-electron chi connectivity index (χ1n) is 9.32. The fourth-order valence-electron chi connectivity index (χ4n) is 3.48. The summed E-state index contributed by atoms with van der Waals surface area (Å²) in [6, 6.07) is 7.98. The van der Waals surface area contributed by atoms with Crippen molar-refractivity contribution in [1.82, 2.24) is 10.2 Å². The Morgan fingerprint density at radius 3 is 2.44 bits per heavy atom. The van der Waals surface area contributed by atoms with Crippen LogP contribution in [0.4, 0.5) is 5.82 Å². The monoisotopic (exact) mass is 389 g/mol. The molecule has 0 radical (unpaired) electrons. The second-order valence-corrected chi connectivity index (χ2v) is 9.40. The van der Waals surface area contributed by atoms with Crippen molar-refractivity contribution in [2.24, 2.45) is 0 Å². The molecule has 2 heterocycles. The highest BCUT2D eigenvalue weighted by Gasteiger charge is 2.32. The van der Waals surface area contributed by atoms with E-state index in [1.807, 2.05) is 6.07 Å². The number of benzene rings is 1. The standard InChI is InChI=1S/C19H23N3O4S/c23-19(20-18-12-17(21-22-18)13-8-10-26-11-9-13)14-4-6-16(7-5-14)27(24,25)15-2-1-3-15/h4-7,12-13,15H,1-3,8-11H2,(H2,20,21,22,23). The van der Waals surface area contributed by atoms with Crippen molar-refractivity contribution < 1.29 is 17.9 Å². The number of ether oxygens (including phenoxy) is 1. The molecule has 2 aromatic rings. The maximum absolute atomic E-state index is 12.4. The van der Waals surface area contributed by atoms with Gasteiger partial charge in [-0.1, -0.05) is 6.42 Å². The van der Waals surface area contributed by atoms with Crippen LogP contribution in [0.1, 0.15) is 54.1 Å². The van der Waals surface area contributed by atoms with Gasteiger partial charge in [0.1, 0.15) is 0 Å². The molecular formula is C19H23N3O4S. The third-order valence-corrected chi connectivity index (χ3v) is 7.71. The van der Waals surface area contributed by atoms with E-state index in [0.29, 0.717) is 17.3 Å². The van der Waals surface area contributed by atoms with Gasteiger partial charge in [-0.15, -0.1) is 0 Å². The number of sulfone groups is 1. The summed E-state index contributed by atoms with van der Waals surface area (Å²) in [6.07, 6.45) is 4.28. The highest BCUT2D eigenvalue weighted by atomic mass is 32.2. The molecule has 1 saturated carbocycles. The maximum Gasteiger partial charge on any atom is 0.256 e. The van der Waals surface area contributed by atoms with Crippen molar-refractivity contribution in [3.05, 3.63) is 41.6 Å². The van der Waals surface area contributed by atoms with E-state index in [9.17, 15) is 13.2 Å². The number of nitrogens with one attached hydrogen (secondary N) is 2. The highest BCUT2D eigenvalue weighted by Crippen LogP contribution is 2.31. The van der Waals surface area contributed by atoms with Crippen LogP contribution in [-0.4, -0.2) is 43.0 Å². The van der Waals surface area contributed by atoms with E-state index < -0.39 is 9.84 Å². The van der Waals surface area contributed by atoms with E-state index in [4.69, 9.17) is 4.74 Å². The lowest BCUT2D eigenvalue weighted by molar-refractivity contribution is 0.0845. The van der Waals surface area contributed by atoms with Crippen molar-refractivity contribution in [3.8, 4) is 0 Å². The van der Waals surface area contributed by atoms with Crippen LogP contribution in [0.15, 0.2) is 35.2 Å². The van der Waals surface area contributed by atoms with Gasteiger partial charge in [0, 0.05) is 36.5 Å². The molecule has 0 atom stereocenters. The number of hydrogen-bond donors (Lipinski definition) is 2. The van der Waals surface area contributed by atoms with Gasteiger partial charge in [-0.2, -0.15) is 5.10 Å². The number of carbonyl (C=O) groups excluding carboxylic acids is 1. The molecule has 27 heavy (non-hydrogen) atoms. The zero-order chi connectivity index (χ0) is 18.9. The van der Waals surface area contributed by atoms with Crippen molar-refractivity contribution in [2.45, 2.75) is 48.2 Å². The summed E-state index contributed by atoms with van der Waals surface area (Å²) in [5.41, 5.74) is 1.40. The average Bonchev–Trinajstić information content (AvgIpc) is 3.09. The molecule has 2 N–H and O–H groups in total. The van der Waals surface area contributed by atoms with E-state index in [1.165, 1.54) is 12.1 Å². The number of H-pyrrole nitrogens is 1. The smallest absolute Gasteiger partial charge is 0.256 e. The molecule has 1 aromatic carbocycles. The molecule has 1 aliphatic carbocycles. The lowest BCUT2D eigenvalue weighted by atomic mass is 9.97. The molecule has 1 saturated heterocycles. The topological polar surface area (TPSA) is 101 Å². The van der Waals surface area contributed by atoms with Crippen LogP contribution in [-0.2, 0) is 14.6 Å². The van der Waals surface area contributed by atoms with Gasteiger partial charge < -0.3 is 10.1 Å². The minimum absolute atomic E-state index is 0.273. The van der Waals surface area contributed by atoms with Crippen LogP contribution in [0.3, 0.4) is 0 Å². The Morgan fingerprint density at radius 2 is 1.81 bits per heavy atom. The van der Waals surface area contributed by atoms with Crippen molar-refractivity contribution >= 4 is 21.6 Å². The lowest BCUT2D eigenvalue weighted by Gasteiger charge is -2.25. The van der Waals surface area contributed by atoms with Crippen LogP contribution in [0.2, 0.25) is 0 Å². The number of rotatable bonds is 5. The Morgan fingerprint density at radius 1 is 1.11 bits per heavy atom. The first-order chi connectivity index (χ1) is 13.0. The second kappa shape index (κ2) is 7.44. The molecule has 1 aliphatic heterocycles. The Hall–Kier alpha value is -2.19. The number of aromatic nitrogens is 2. The summed E-state index contributed by atoms with van der Waals surface area (Å²) in [4.78, 5) is 12.7. The number of hydrogen-bond acceptors (Lipinski definition) is 5. The third kappa shape index (κ3) is 3.77. The van der Waals surface area contributed by atoms with Gasteiger partial charge >= 0.3 is 0 Å². The summed E-state index contributed by atoms with van der Waals surface area (Å²) >= 11 is 0. The minimum Gasteiger partial charge on any atom is -0.381 e. The molecule has 2 aliphatic rings. The zero-order valence-corrected chi connectivity index (χ0v) is 15.8. The fourth-order valence-corrected chi connectivity index (χ4v) is 5.33. The zero-order valence-electron chi connectivity index (χ0n) is 15.0. The van der Waals surface area contributed by atoms with Crippen LogP contribution >= 0.6 is 0 Å². The van der Waals surface area contributed by atoms with Gasteiger partial charge in [-0.05, 0) is 49.9 Å². The van der Waals surface area contributed by atoms with E-state index in [2.05, 4.69) is 15.5 Å². The van der Waals surface area contributed by atoms with Gasteiger partial charge in [-0.3, -0.25) is 9.89 Å². The average molecular weight is 389 g/mol. The summed E-state index contributed by atoms with van der Waals surface area (Å²) in [5.74, 6) is 0.521. The largest absolute Gasteiger partial charge is 0.381 e. The summed E-state index contributed by atoms with van der Waals surface area (Å²) in [7, 11) is -3.27. The Labute approximate surface area is 158 Å². The van der Waals surface area contributed by atoms with E-state index in [1.54, 1.807) is 12.1 Å². The molecule has 0 unspecified atom stereocenters. The van der Waals surface area contributed by atoms with Crippen LogP contribution < -0.4 is 5.32 Å². The normalized spacial score (nSPS) is 18.8. The van der Waals surface area contributed by atoms with Gasteiger partial charge in [0.05, 0.1) is 10.1 Å². The van der Waals surface area contributed by atoms with E-state index in [-0.39, 0.29) is 16.1 Å². The SMILES string of the molecule is O=C(Nc1cc(C2CCOCC2)[nH]n1)c1ccc(S(=O)(=O)C2CCC2)cc1. The Balaban J connectivity index is 1.42. The first kappa shape index (κ1) is 18.2. The lowest BCUT2D eigenvalue weighted by Crippen LogP contribution is -2.28. The molecule has 0 spiro atoms. The van der Waals surface area contributed by atoms with Gasteiger partial charge in [0.2, 0.25) is 0 Å². The number of carbonyl (C=O) groups is 1. The molecule has 0 bridgehead atoms. The van der Waals surface area contributed by atoms with Gasteiger partial charge in [0.25, 0.3) is 5.91 Å². The molecule has 1 amide bonds. The first-order valence-corrected chi connectivity index (χ1v) is 10.9. The third-order valence-electron chi connectivity index (χ3n) is 5.44. The molecule has 4 rings (SSSR count). The Bertz CT molecular complexity index is 911. The van der Waals surface area contributed by atoms with E-state index >= 15 is 0 Å². The molecule has 144 valence electrons. The molecule has 2 fully saturated rings. The van der Waals surface area contributed by atoms with Gasteiger partial charge in [-0.25, -0.2) is 8.42 Å². The number of anilines is 1. The number of aromatic amines is 1. The van der Waals surface area contributed by atoms with Crippen molar-refractivity contribution in [1.29, 1.82) is 0 Å². The van der Waals surface area contributed by atoms with Crippen molar-refractivity contribution in [2.75, 3.05) is 18.5 Å². The molecule has 1 aromatic heterocycles. The maximum atomic E-state index is 12.4. The predicted octanol–water partition coefficient (Wildman–Crippen LogP) is 2.88. The number of nitrogens with zero attached hydrogens (tertiary/aromatic N) is 1. The predicted molar refractivity (Wildman–Crippen MR) is 101 cm³/mol. The molecular weight excluding hydrogens is 366 g/mol. The van der Waals surface area contributed by atoms with Crippen LogP contribution in [0, 0.1) is 0 Å². The Kier molecular flexibility index (Phi) is 5.01. The summed E-state index contributed by atoms with van der Waals surface area (Å²) in [6.45, 7) is 1.48. The van der Waals surface area contributed by atoms with Crippen LogP contribution in [0.25, 0.3) is 0 Å². The quantitative estimate of drug-likeness (QED) is 0.819. The fraction of sp³-hybridized carbons (Fsp3) is 0.474. The number of amides is 1. The van der Waals surface area contributed by atoms with E-state index in [0.717, 1.165) is 51.0 Å². The highest BCUT2D eigenvalue weighted by molar-refractivity contribution is 7.92. The molecule has 7 nitrogen and oxygen atoms in total. The molecule has 8 heteroatoms. The second-order valence-electron chi connectivity index (χ2n) is 7.17. The summed E-state index contributed by atoms with van der Waals surface area (Å²) in [5, 5.41) is 9.63. The van der Waals surface area contributed by atoms with Crippen molar-refractivity contribution in [3.63, 3.8) is 0 Å².